The normalized spacial score (nSPS) is 13.9. The molecule has 2 aromatic carbocycles. The predicted octanol–water partition coefficient (Wildman–Crippen LogP) is 5.60. The molecule has 6 bridgehead atoms. The third-order valence-electron chi connectivity index (χ3n) is 5.89. The fourth-order valence-corrected chi connectivity index (χ4v) is 3.91. The zero-order chi connectivity index (χ0) is 25.2. The van der Waals surface area contributed by atoms with E-state index in [-0.39, 0.29) is 5.82 Å². The maximum atomic E-state index is 14.3. The van der Waals surface area contributed by atoms with Crippen molar-refractivity contribution in [2.24, 2.45) is 0 Å². The lowest BCUT2D eigenvalue weighted by atomic mass is 10.1. The van der Waals surface area contributed by atoms with Crippen LogP contribution in [0.2, 0.25) is 0 Å². The molecule has 2 heterocycles. The lowest BCUT2D eigenvalue weighted by Crippen LogP contribution is -2.28. The van der Waals surface area contributed by atoms with Crippen LogP contribution in [-0.2, 0) is 11.3 Å². The Hall–Kier alpha value is -3.49. The van der Waals surface area contributed by atoms with Gasteiger partial charge in [-0.2, -0.15) is 0 Å². The molecule has 3 aromatic rings. The number of nitrogens with zero attached hydrogens (tertiary/aromatic N) is 3. The number of aromatic nitrogens is 2. The highest BCUT2D eigenvalue weighted by molar-refractivity contribution is 5.64. The van der Waals surface area contributed by atoms with E-state index in [9.17, 15) is 4.39 Å². The average molecular weight is 493 g/mol. The Morgan fingerprint density at radius 2 is 1.97 bits per heavy atom. The first-order valence-corrected chi connectivity index (χ1v) is 12.4. The van der Waals surface area contributed by atoms with Crippen LogP contribution in [0.3, 0.4) is 0 Å². The van der Waals surface area contributed by atoms with E-state index in [0.29, 0.717) is 55.8 Å². The Balaban J connectivity index is 1.59. The molecule has 4 rings (SSSR count). The van der Waals surface area contributed by atoms with Gasteiger partial charge in [0.1, 0.15) is 23.9 Å². The van der Waals surface area contributed by atoms with E-state index < -0.39 is 0 Å². The quantitative estimate of drug-likeness (QED) is 0.449. The molecule has 1 aliphatic rings. The second kappa shape index (κ2) is 13.0. The molecule has 7 nitrogen and oxygen atoms in total. The number of anilines is 2. The molecule has 0 fully saturated rings. The van der Waals surface area contributed by atoms with Gasteiger partial charge in [0.2, 0.25) is 5.95 Å². The van der Waals surface area contributed by atoms with Crippen LogP contribution < -0.4 is 14.8 Å². The van der Waals surface area contributed by atoms with E-state index in [1.807, 2.05) is 30.4 Å². The minimum Gasteiger partial charge on any atom is -0.493 e. The molecular formula is C28H33FN4O3. The molecule has 0 atom stereocenters. The number of likely N-dealkylation sites (N-methyl/N-ethyl adjacent to an activating group) is 1. The number of halogens is 1. The van der Waals surface area contributed by atoms with Crippen molar-refractivity contribution in [2.45, 2.75) is 26.9 Å². The van der Waals surface area contributed by atoms with Crippen LogP contribution in [0.1, 0.15) is 25.8 Å². The smallest absolute Gasteiger partial charge is 0.227 e. The van der Waals surface area contributed by atoms with Gasteiger partial charge in [-0.15, -0.1) is 0 Å². The molecule has 8 heteroatoms. The highest BCUT2D eigenvalue weighted by Gasteiger charge is 2.11. The molecule has 0 radical (unpaired) electrons. The topological polar surface area (TPSA) is 68.7 Å². The fourth-order valence-electron chi connectivity index (χ4n) is 3.91. The van der Waals surface area contributed by atoms with Crippen molar-refractivity contribution < 1.29 is 18.6 Å². The lowest BCUT2D eigenvalue weighted by Gasteiger charge is -2.19. The summed E-state index contributed by atoms with van der Waals surface area (Å²) in [5.74, 6) is 1.28. The summed E-state index contributed by atoms with van der Waals surface area (Å²) in [6.07, 6.45) is 6.30. The van der Waals surface area contributed by atoms with E-state index in [0.717, 1.165) is 36.6 Å². The maximum absolute atomic E-state index is 14.3. The zero-order valence-corrected chi connectivity index (χ0v) is 20.9. The minimum atomic E-state index is -0.379. The van der Waals surface area contributed by atoms with E-state index in [1.165, 1.54) is 12.1 Å². The maximum Gasteiger partial charge on any atom is 0.227 e. The number of ether oxygens (including phenoxy) is 3. The molecular weight excluding hydrogens is 459 g/mol. The highest BCUT2D eigenvalue weighted by Crippen LogP contribution is 2.28. The predicted molar refractivity (Wildman–Crippen MR) is 139 cm³/mol. The summed E-state index contributed by atoms with van der Waals surface area (Å²) in [6.45, 7) is 9.04. The van der Waals surface area contributed by atoms with Crippen molar-refractivity contribution in [3.8, 4) is 22.8 Å². The lowest BCUT2D eigenvalue weighted by molar-refractivity contribution is 0.143. The van der Waals surface area contributed by atoms with Crippen molar-refractivity contribution in [1.82, 2.24) is 14.9 Å². The van der Waals surface area contributed by atoms with Gasteiger partial charge in [-0.05, 0) is 55.9 Å². The summed E-state index contributed by atoms with van der Waals surface area (Å²) in [6, 6.07) is 12.2. The van der Waals surface area contributed by atoms with Crippen molar-refractivity contribution in [2.75, 3.05) is 44.8 Å². The largest absolute Gasteiger partial charge is 0.493 e. The Labute approximate surface area is 211 Å². The van der Waals surface area contributed by atoms with Gasteiger partial charge >= 0.3 is 0 Å². The van der Waals surface area contributed by atoms with Gasteiger partial charge < -0.3 is 24.4 Å². The van der Waals surface area contributed by atoms with Gasteiger partial charge in [0, 0.05) is 35.6 Å². The molecule has 36 heavy (non-hydrogen) atoms. The monoisotopic (exact) mass is 492 g/mol. The molecule has 0 saturated heterocycles. The molecule has 1 aliphatic heterocycles. The van der Waals surface area contributed by atoms with Crippen LogP contribution in [-0.4, -0.2) is 54.3 Å². The summed E-state index contributed by atoms with van der Waals surface area (Å²) in [4.78, 5) is 11.3. The Morgan fingerprint density at radius 1 is 1.08 bits per heavy atom. The second-order valence-electron chi connectivity index (χ2n) is 8.39. The molecule has 1 aromatic heterocycles. The van der Waals surface area contributed by atoms with Crippen molar-refractivity contribution in [3.63, 3.8) is 0 Å². The summed E-state index contributed by atoms with van der Waals surface area (Å²) >= 11 is 0. The first-order chi connectivity index (χ1) is 17.6. The van der Waals surface area contributed by atoms with Crippen LogP contribution in [0.4, 0.5) is 16.0 Å². The minimum absolute atomic E-state index is 0.379. The highest BCUT2D eigenvalue weighted by atomic mass is 19.1. The first-order valence-electron chi connectivity index (χ1n) is 12.4. The van der Waals surface area contributed by atoms with E-state index in [2.05, 4.69) is 34.0 Å². The fraction of sp³-hybridized carbons (Fsp3) is 0.357. The number of nitrogens with one attached hydrogen (secondary N) is 1. The van der Waals surface area contributed by atoms with Gasteiger partial charge in [-0.1, -0.05) is 26.0 Å². The first kappa shape index (κ1) is 25.6. The third kappa shape index (κ3) is 7.26. The Kier molecular flexibility index (Phi) is 9.24. The van der Waals surface area contributed by atoms with Gasteiger partial charge in [-0.25, -0.2) is 14.4 Å². The van der Waals surface area contributed by atoms with E-state index in [1.54, 1.807) is 18.3 Å². The molecule has 0 spiro atoms. The standard InChI is InChI=1S/C28H33FN4O3/c1-3-33(4-2)12-15-36-27-9-8-24-17-22(27)20-34-13-6-5-7-14-35-25-18-21(16-23(29)19-25)26-10-11-30-28(31-24)32-26/h5-6,8-11,16-19H,3-4,7,12-15,20H2,1-2H3,(H,30,31,32). The van der Waals surface area contributed by atoms with Gasteiger partial charge in [0.15, 0.2) is 0 Å². The van der Waals surface area contributed by atoms with Crippen molar-refractivity contribution >= 4 is 11.6 Å². The Bertz CT molecular complexity index is 1170. The van der Waals surface area contributed by atoms with Crippen LogP contribution in [0.5, 0.6) is 11.5 Å². The number of benzene rings is 2. The van der Waals surface area contributed by atoms with Crippen molar-refractivity contribution in [3.05, 3.63) is 72.2 Å². The van der Waals surface area contributed by atoms with E-state index in [4.69, 9.17) is 14.2 Å². The van der Waals surface area contributed by atoms with Crippen LogP contribution in [0.25, 0.3) is 11.3 Å². The molecule has 0 unspecified atom stereocenters. The van der Waals surface area contributed by atoms with Crippen LogP contribution >= 0.6 is 0 Å². The SMILES string of the molecule is CCN(CC)CCOc1ccc2cc1COCC=CCCOc1cc(F)cc(c1)-c1ccnc(n1)N2. The number of rotatable bonds is 6. The van der Waals surface area contributed by atoms with Crippen LogP contribution in [0, 0.1) is 5.82 Å². The molecule has 0 aliphatic carbocycles. The summed E-state index contributed by atoms with van der Waals surface area (Å²) in [7, 11) is 0. The van der Waals surface area contributed by atoms with Crippen molar-refractivity contribution in [1.29, 1.82) is 0 Å². The number of hydrogen-bond donors (Lipinski definition) is 1. The van der Waals surface area contributed by atoms with Gasteiger partial charge in [0.05, 0.1) is 25.5 Å². The molecule has 1 N–H and O–H groups in total. The Morgan fingerprint density at radius 3 is 2.83 bits per heavy atom. The average Bonchev–Trinajstić information content (AvgIpc) is 2.88. The van der Waals surface area contributed by atoms with E-state index >= 15 is 0 Å². The second-order valence-corrected chi connectivity index (χ2v) is 8.39. The molecule has 0 saturated carbocycles. The summed E-state index contributed by atoms with van der Waals surface area (Å²) in [5.41, 5.74) is 2.96. The summed E-state index contributed by atoms with van der Waals surface area (Å²) < 4.78 is 32.0. The number of fused-ring (bicyclic) bond motifs is 7. The third-order valence-corrected chi connectivity index (χ3v) is 5.89. The molecule has 0 amide bonds. The zero-order valence-electron chi connectivity index (χ0n) is 20.9. The van der Waals surface area contributed by atoms with Gasteiger partial charge in [0.25, 0.3) is 0 Å². The molecule has 190 valence electrons. The van der Waals surface area contributed by atoms with Gasteiger partial charge in [-0.3, -0.25) is 0 Å². The number of hydrogen-bond acceptors (Lipinski definition) is 7. The summed E-state index contributed by atoms with van der Waals surface area (Å²) in [5, 5.41) is 3.25. The van der Waals surface area contributed by atoms with Crippen LogP contribution in [0.15, 0.2) is 60.8 Å².